The topological polar surface area (TPSA) is 64.6 Å². The van der Waals surface area contributed by atoms with Gasteiger partial charge in [-0.3, -0.25) is 4.79 Å². The Bertz CT molecular complexity index is 730. The number of methoxy groups -OCH3 is 1. The molecule has 0 bridgehead atoms. The zero-order valence-electron chi connectivity index (χ0n) is 15.4. The van der Waals surface area contributed by atoms with Crippen molar-refractivity contribution in [3.8, 4) is 5.75 Å². The molecule has 0 heterocycles. The summed E-state index contributed by atoms with van der Waals surface area (Å²) in [6.45, 7) is 4.29. The number of nitrogens with one attached hydrogen (secondary N) is 1. The number of benzene rings is 2. The Kier molecular flexibility index (Phi) is 7.21. The van der Waals surface area contributed by atoms with Gasteiger partial charge >= 0.3 is 5.97 Å². The lowest BCUT2D eigenvalue weighted by Gasteiger charge is -2.22. The van der Waals surface area contributed by atoms with Crippen LogP contribution in [0.4, 0.5) is 0 Å². The first-order valence-corrected chi connectivity index (χ1v) is 8.70. The van der Waals surface area contributed by atoms with Crippen molar-refractivity contribution < 1.29 is 19.1 Å². The first-order chi connectivity index (χ1) is 12.5. The fraction of sp³-hybridized carbons (Fsp3) is 0.333. The summed E-state index contributed by atoms with van der Waals surface area (Å²) in [4.78, 5) is 24.5. The van der Waals surface area contributed by atoms with Gasteiger partial charge in [0.1, 0.15) is 18.4 Å². The molecule has 0 aliphatic heterocycles. The molecule has 2 rings (SSSR count). The minimum absolute atomic E-state index is 0.0242. The molecule has 0 fully saturated rings. The molecular formula is C21H25NO4. The van der Waals surface area contributed by atoms with Crippen LogP contribution < -0.4 is 10.1 Å². The Morgan fingerprint density at radius 2 is 1.81 bits per heavy atom. The van der Waals surface area contributed by atoms with E-state index in [0.29, 0.717) is 17.9 Å². The van der Waals surface area contributed by atoms with Gasteiger partial charge in [0.05, 0.1) is 7.11 Å². The molecule has 0 saturated carbocycles. The van der Waals surface area contributed by atoms with Crippen molar-refractivity contribution in [1.82, 2.24) is 5.32 Å². The number of carbonyl (C=O) groups excluding carboxylic acids is 2. The molecule has 2 aromatic rings. The fourth-order valence-corrected chi connectivity index (χ4v) is 2.49. The van der Waals surface area contributed by atoms with Crippen LogP contribution in [0.25, 0.3) is 0 Å². The Morgan fingerprint density at radius 1 is 1.08 bits per heavy atom. The minimum atomic E-state index is -0.675. The standard InChI is InChI=1S/C21H25NO4/c1-4-15(2)19(21(24)25-3)22-20(23)17-11-8-12-18(13-17)26-14-16-9-6-5-7-10-16/h5-13,15,19H,4,14H2,1-3H3,(H,22,23). The van der Waals surface area contributed by atoms with Crippen molar-refractivity contribution in [2.45, 2.75) is 32.9 Å². The van der Waals surface area contributed by atoms with Crippen LogP contribution in [0.15, 0.2) is 54.6 Å². The van der Waals surface area contributed by atoms with Crippen LogP contribution in [0.3, 0.4) is 0 Å². The van der Waals surface area contributed by atoms with Gasteiger partial charge < -0.3 is 14.8 Å². The van der Waals surface area contributed by atoms with Gasteiger partial charge in [0.25, 0.3) is 5.91 Å². The first kappa shape index (κ1) is 19.5. The molecule has 1 amide bonds. The molecule has 0 aromatic heterocycles. The maximum atomic E-state index is 12.5. The highest BCUT2D eigenvalue weighted by molar-refractivity contribution is 5.97. The highest BCUT2D eigenvalue weighted by Crippen LogP contribution is 2.16. The molecule has 2 aromatic carbocycles. The number of hydrogen-bond acceptors (Lipinski definition) is 4. The van der Waals surface area contributed by atoms with E-state index < -0.39 is 12.0 Å². The van der Waals surface area contributed by atoms with Crippen molar-refractivity contribution in [2.75, 3.05) is 7.11 Å². The van der Waals surface area contributed by atoms with E-state index in [1.54, 1.807) is 24.3 Å². The van der Waals surface area contributed by atoms with Gasteiger partial charge in [0.2, 0.25) is 0 Å². The van der Waals surface area contributed by atoms with E-state index in [2.05, 4.69) is 5.32 Å². The third-order valence-electron chi connectivity index (χ3n) is 4.30. The highest BCUT2D eigenvalue weighted by Gasteiger charge is 2.27. The van der Waals surface area contributed by atoms with Gasteiger partial charge in [-0.05, 0) is 29.7 Å². The van der Waals surface area contributed by atoms with Crippen LogP contribution in [0.5, 0.6) is 5.75 Å². The van der Waals surface area contributed by atoms with Crippen molar-refractivity contribution in [3.05, 3.63) is 65.7 Å². The lowest BCUT2D eigenvalue weighted by Crippen LogP contribution is -2.45. The van der Waals surface area contributed by atoms with Gasteiger partial charge in [-0.15, -0.1) is 0 Å². The number of rotatable bonds is 8. The number of hydrogen-bond donors (Lipinski definition) is 1. The molecule has 0 radical (unpaired) electrons. The largest absolute Gasteiger partial charge is 0.489 e. The van der Waals surface area contributed by atoms with E-state index in [1.165, 1.54) is 7.11 Å². The average Bonchev–Trinajstić information content (AvgIpc) is 2.70. The molecule has 26 heavy (non-hydrogen) atoms. The summed E-state index contributed by atoms with van der Waals surface area (Å²) >= 11 is 0. The van der Waals surface area contributed by atoms with Gasteiger partial charge in [-0.25, -0.2) is 4.79 Å². The van der Waals surface area contributed by atoms with E-state index >= 15 is 0 Å². The molecule has 2 atom stereocenters. The van der Waals surface area contributed by atoms with E-state index in [9.17, 15) is 9.59 Å². The van der Waals surface area contributed by atoms with Crippen LogP contribution in [-0.4, -0.2) is 25.0 Å². The van der Waals surface area contributed by atoms with Gasteiger partial charge in [-0.2, -0.15) is 0 Å². The number of carbonyl (C=O) groups is 2. The minimum Gasteiger partial charge on any atom is -0.489 e. The van der Waals surface area contributed by atoms with Crippen molar-refractivity contribution >= 4 is 11.9 Å². The van der Waals surface area contributed by atoms with Gasteiger partial charge in [0.15, 0.2) is 0 Å². The summed E-state index contributed by atoms with van der Waals surface area (Å²) < 4.78 is 10.6. The number of amides is 1. The molecule has 138 valence electrons. The average molecular weight is 355 g/mol. The predicted octanol–water partition coefficient (Wildman–Crippen LogP) is 3.58. The predicted molar refractivity (Wildman–Crippen MR) is 99.9 cm³/mol. The van der Waals surface area contributed by atoms with Crippen LogP contribution in [0.1, 0.15) is 36.2 Å². The Labute approximate surface area is 154 Å². The summed E-state index contributed by atoms with van der Waals surface area (Å²) in [7, 11) is 1.32. The quantitative estimate of drug-likeness (QED) is 0.735. The second-order valence-electron chi connectivity index (χ2n) is 6.16. The third kappa shape index (κ3) is 5.34. The van der Waals surface area contributed by atoms with E-state index in [-0.39, 0.29) is 11.8 Å². The van der Waals surface area contributed by atoms with Crippen molar-refractivity contribution in [1.29, 1.82) is 0 Å². The lowest BCUT2D eigenvalue weighted by atomic mass is 9.99. The maximum absolute atomic E-state index is 12.5. The summed E-state index contributed by atoms with van der Waals surface area (Å²) in [6.07, 6.45) is 0.750. The zero-order chi connectivity index (χ0) is 18.9. The van der Waals surface area contributed by atoms with E-state index in [0.717, 1.165) is 12.0 Å². The van der Waals surface area contributed by atoms with E-state index in [1.807, 2.05) is 44.2 Å². The van der Waals surface area contributed by atoms with Crippen molar-refractivity contribution in [2.24, 2.45) is 5.92 Å². The number of esters is 1. The monoisotopic (exact) mass is 355 g/mol. The molecule has 0 aliphatic rings. The highest BCUT2D eigenvalue weighted by atomic mass is 16.5. The van der Waals surface area contributed by atoms with Gasteiger partial charge in [-0.1, -0.05) is 56.7 Å². The van der Waals surface area contributed by atoms with Crippen LogP contribution >= 0.6 is 0 Å². The Hall–Kier alpha value is -2.82. The SMILES string of the molecule is CCC(C)C(NC(=O)c1cccc(OCc2ccccc2)c1)C(=O)OC. The smallest absolute Gasteiger partial charge is 0.328 e. The second-order valence-corrected chi connectivity index (χ2v) is 6.16. The molecule has 1 N–H and O–H groups in total. The molecule has 2 unspecified atom stereocenters. The summed E-state index contributed by atoms with van der Waals surface area (Å²) in [5, 5.41) is 2.77. The molecule has 5 nitrogen and oxygen atoms in total. The first-order valence-electron chi connectivity index (χ1n) is 8.70. The van der Waals surface area contributed by atoms with E-state index in [4.69, 9.17) is 9.47 Å². The fourth-order valence-electron chi connectivity index (χ4n) is 2.49. The normalized spacial score (nSPS) is 12.7. The lowest BCUT2D eigenvalue weighted by molar-refractivity contribution is -0.144. The maximum Gasteiger partial charge on any atom is 0.328 e. The van der Waals surface area contributed by atoms with Crippen LogP contribution in [0.2, 0.25) is 0 Å². The Balaban J connectivity index is 2.05. The molecule has 5 heteroatoms. The number of ether oxygens (including phenoxy) is 2. The van der Waals surface area contributed by atoms with Gasteiger partial charge in [0, 0.05) is 5.56 Å². The summed E-state index contributed by atoms with van der Waals surface area (Å²) in [5.74, 6) is -0.196. The molecular weight excluding hydrogens is 330 g/mol. The Morgan fingerprint density at radius 3 is 2.46 bits per heavy atom. The molecule has 0 spiro atoms. The third-order valence-corrected chi connectivity index (χ3v) is 4.30. The molecule has 0 saturated heterocycles. The summed E-state index contributed by atoms with van der Waals surface area (Å²) in [6, 6.07) is 16.0. The molecule has 0 aliphatic carbocycles. The van der Waals surface area contributed by atoms with Crippen LogP contribution in [0, 0.1) is 5.92 Å². The zero-order valence-corrected chi connectivity index (χ0v) is 15.4. The summed E-state index contributed by atoms with van der Waals surface area (Å²) in [5.41, 5.74) is 1.48. The van der Waals surface area contributed by atoms with Crippen LogP contribution in [-0.2, 0) is 16.1 Å². The second kappa shape index (κ2) is 9.61. The van der Waals surface area contributed by atoms with Crippen molar-refractivity contribution in [3.63, 3.8) is 0 Å².